The van der Waals surface area contributed by atoms with Crippen molar-refractivity contribution >= 4 is 11.6 Å². The van der Waals surface area contributed by atoms with Crippen molar-refractivity contribution in [3.8, 4) is 0 Å². The number of hydrogen-bond acceptors (Lipinski definition) is 5. The second-order valence-corrected chi connectivity index (χ2v) is 3.83. The van der Waals surface area contributed by atoms with Crippen LogP contribution in [-0.4, -0.2) is 41.8 Å². The number of aliphatic hydroxyl groups excluding tert-OH is 1. The van der Waals surface area contributed by atoms with Crippen LogP contribution in [0.4, 0.5) is 11.6 Å². The van der Waals surface area contributed by atoms with Crippen molar-refractivity contribution in [1.29, 1.82) is 0 Å². The summed E-state index contributed by atoms with van der Waals surface area (Å²) in [6.45, 7) is 5.77. The molecule has 0 atom stereocenters. The second-order valence-electron chi connectivity index (χ2n) is 3.83. The molecule has 0 radical (unpaired) electrons. The molecule has 5 heteroatoms. The van der Waals surface area contributed by atoms with Crippen LogP contribution in [0, 0.1) is 0 Å². The van der Waals surface area contributed by atoms with Gasteiger partial charge in [-0.1, -0.05) is 13.3 Å². The fraction of sp³-hybridized carbons (Fsp3) is 0.667. The lowest BCUT2D eigenvalue weighted by Crippen LogP contribution is -2.28. The standard InChI is InChI=1S/C12H22N4O/c1-4-6-10-11(13-3)14-9-15-12(10)16(5-2)7-8-17/h9,17H,4-8H2,1-3H3,(H,13,14,15). The molecule has 0 bridgehead atoms. The first-order chi connectivity index (χ1) is 8.28. The van der Waals surface area contributed by atoms with Crippen molar-refractivity contribution in [2.75, 3.05) is 37.0 Å². The minimum Gasteiger partial charge on any atom is -0.395 e. The average Bonchev–Trinajstić information content (AvgIpc) is 2.37. The molecule has 0 fully saturated rings. The summed E-state index contributed by atoms with van der Waals surface area (Å²) in [5.41, 5.74) is 1.13. The fourth-order valence-corrected chi connectivity index (χ4v) is 1.91. The van der Waals surface area contributed by atoms with Crippen molar-refractivity contribution in [3.05, 3.63) is 11.9 Å². The normalized spacial score (nSPS) is 10.4. The van der Waals surface area contributed by atoms with Crippen molar-refractivity contribution in [2.24, 2.45) is 0 Å². The summed E-state index contributed by atoms with van der Waals surface area (Å²) >= 11 is 0. The van der Waals surface area contributed by atoms with Crippen LogP contribution in [0.1, 0.15) is 25.8 Å². The number of likely N-dealkylation sites (N-methyl/N-ethyl adjacent to an activating group) is 1. The molecule has 0 aromatic carbocycles. The van der Waals surface area contributed by atoms with Crippen molar-refractivity contribution in [1.82, 2.24) is 9.97 Å². The van der Waals surface area contributed by atoms with Gasteiger partial charge in [0.15, 0.2) is 0 Å². The van der Waals surface area contributed by atoms with E-state index in [-0.39, 0.29) is 6.61 Å². The summed E-state index contributed by atoms with van der Waals surface area (Å²) in [4.78, 5) is 10.7. The van der Waals surface area contributed by atoms with Gasteiger partial charge in [-0.2, -0.15) is 0 Å². The van der Waals surface area contributed by atoms with Gasteiger partial charge < -0.3 is 15.3 Å². The Morgan fingerprint density at radius 2 is 2.12 bits per heavy atom. The van der Waals surface area contributed by atoms with Gasteiger partial charge in [0.2, 0.25) is 0 Å². The van der Waals surface area contributed by atoms with Crippen molar-refractivity contribution < 1.29 is 5.11 Å². The van der Waals surface area contributed by atoms with E-state index in [0.29, 0.717) is 6.54 Å². The van der Waals surface area contributed by atoms with Gasteiger partial charge in [-0.15, -0.1) is 0 Å². The molecule has 0 spiro atoms. The zero-order chi connectivity index (χ0) is 12.7. The number of nitrogens with one attached hydrogen (secondary N) is 1. The van der Waals surface area contributed by atoms with Crippen LogP contribution >= 0.6 is 0 Å². The first-order valence-corrected chi connectivity index (χ1v) is 6.15. The summed E-state index contributed by atoms with van der Waals surface area (Å²) in [7, 11) is 1.87. The van der Waals surface area contributed by atoms with Crippen LogP contribution in [0.2, 0.25) is 0 Å². The highest BCUT2D eigenvalue weighted by Crippen LogP contribution is 2.24. The van der Waals surface area contributed by atoms with Gasteiger partial charge in [0, 0.05) is 25.7 Å². The Hall–Kier alpha value is -1.36. The van der Waals surface area contributed by atoms with Crippen LogP contribution in [-0.2, 0) is 6.42 Å². The highest BCUT2D eigenvalue weighted by molar-refractivity contribution is 5.58. The minimum absolute atomic E-state index is 0.137. The quantitative estimate of drug-likeness (QED) is 0.749. The maximum absolute atomic E-state index is 9.08. The molecule has 96 valence electrons. The lowest BCUT2D eigenvalue weighted by molar-refractivity contribution is 0.302. The number of anilines is 2. The molecule has 0 saturated heterocycles. The second kappa shape index (κ2) is 7.06. The molecule has 0 saturated carbocycles. The first kappa shape index (κ1) is 13.7. The van der Waals surface area contributed by atoms with E-state index in [1.807, 2.05) is 7.05 Å². The lowest BCUT2D eigenvalue weighted by Gasteiger charge is -2.24. The highest BCUT2D eigenvalue weighted by Gasteiger charge is 2.14. The van der Waals surface area contributed by atoms with Gasteiger partial charge in [-0.3, -0.25) is 0 Å². The van der Waals surface area contributed by atoms with E-state index in [0.717, 1.165) is 36.6 Å². The van der Waals surface area contributed by atoms with Gasteiger partial charge in [0.05, 0.1) is 6.61 Å². The molecule has 17 heavy (non-hydrogen) atoms. The van der Waals surface area contributed by atoms with E-state index in [1.54, 1.807) is 6.33 Å². The fourth-order valence-electron chi connectivity index (χ4n) is 1.91. The Balaban J connectivity index is 3.10. The number of hydrogen-bond donors (Lipinski definition) is 2. The SMILES string of the molecule is CCCc1c(NC)ncnc1N(CC)CCO. The van der Waals surface area contributed by atoms with Gasteiger partial charge in [0.1, 0.15) is 18.0 Å². The average molecular weight is 238 g/mol. The third kappa shape index (κ3) is 3.30. The van der Waals surface area contributed by atoms with Crippen LogP contribution in [0.15, 0.2) is 6.33 Å². The van der Waals surface area contributed by atoms with Crippen molar-refractivity contribution in [2.45, 2.75) is 26.7 Å². The maximum Gasteiger partial charge on any atom is 0.137 e. The molecule has 1 heterocycles. The number of nitrogens with zero attached hydrogens (tertiary/aromatic N) is 3. The van der Waals surface area contributed by atoms with E-state index in [9.17, 15) is 0 Å². The monoisotopic (exact) mass is 238 g/mol. The van der Waals surface area contributed by atoms with Crippen LogP contribution in [0.5, 0.6) is 0 Å². The molecular weight excluding hydrogens is 216 g/mol. The Labute approximate surface area is 103 Å². The Bertz CT molecular complexity index is 343. The molecule has 1 aromatic rings. The van der Waals surface area contributed by atoms with E-state index in [2.05, 4.69) is 34.0 Å². The summed E-state index contributed by atoms with van der Waals surface area (Å²) < 4.78 is 0. The van der Waals surface area contributed by atoms with Crippen LogP contribution in [0.3, 0.4) is 0 Å². The summed E-state index contributed by atoms with van der Waals surface area (Å²) in [5.74, 6) is 1.82. The molecule has 0 amide bonds. The molecular formula is C12H22N4O. The third-order valence-corrected chi connectivity index (χ3v) is 2.71. The predicted molar refractivity (Wildman–Crippen MR) is 70.5 cm³/mol. The molecule has 0 aliphatic rings. The summed E-state index contributed by atoms with van der Waals surface area (Å²) in [5, 5.41) is 12.2. The van der Waals surface area contributed by atoms with E-state index < -0.39 is 0 Å². The maximum atomic E-state index is 9.08. The van der Waals surface area contributed by atoms with Gasteiger partial charge in [-0.05, 0) is 13.3 Å². The highest BCUT2D eigenvalue weighted by atomic mass is 16.3. The lowest BCUT2D eigenvalue weighted by atomic mass is 10.1. The zero-order valence-corrected chi connectivity index (χ0v) is 10.9. The van der Waals surface area contributed by atoms with Crippen LogP contribution < -0.4 is 10.2 Å². The molecule has 0 unspecified atom stereocenters. The van der Waals surface area contributed by atoms with Gasteiger partial charge in [-0.25, -0.2) is 9.97 Å². The molecule has 0 aliphatic carbocycles. The molecule has 1 aromatic heterocycles. The largest absolute Gasteiger partial charge is 0.395 e. The number of rotatable bonds is 7. The minimum atomic E-state index is 0.137. The van der Waals surface area contributed by atoms with E-state index >= 15 is 0 Å². The van der Waals surface area contributed by atoms with E-state index in [1.165, 1.54) is 0 Å². The van der Waals surface area contributed by atoms with Crippen molar-refractivity contribution in [3.63, 3.8) is 0 Å². The Morgan fingerprint density at radius 3 is 2.65 bits per heavy atom. The molecule has 0 aliphatic heterocycles. The topological polar surface area (TPSA) is 61.3 Å². The number of aromatic nitrogens is 2. The van der Waals surface area contributed by atoms with Gasteiger partial charge >= 0.3 is 0 Å². The predicted octanol–water partition coefficient (Wildman–Crippen LogP) is 1.29. The Morgan fingerprint density at radius 1 is 1.35 bits per heavy atom. The van der Waals surface area contributed by atoms with E-state index in [4.69, 9.17) is 5.11 Å². The zero-order valence-electron chi connectivity index (χ0n) is 10.9. The Kier molecular flexibility index (Phi) is 5.69. The molecule has 2 N–H and O–H groups in total. The summed E-state index contributed by atoms with van der Waals surface area (Å²) in [6.07, 6.45) is 3.56. The third-order valence-electron chi connectivity index (χ3n) is 2.71. The number of aliphatic hydroxyl groups is 1. The van der Waals surface area contributed by atoms with Gasteiger partial charge in [0.25, 0.3) is 0 Å². The smallest absolute Gasteiger partial charge is 0.137 e. The molecule has 1 rings (SSSR count). The molecule has 5 nitrogen and oxygen atoms in total. The van der Waals surface area contributed by atoms with Crippen LogP contribution in [0.25, 0.3) is 0 Å². The first-order valence-electron chi connectivity index (χ1n) is 6.15. The summed E-state index contributed by atoms with van der Waals surface area (Å²) in [6, 6.07) is 0.